The molecule has 1 aliphatic carbocycles. The molecule has 1 unspecified atom stereocenters. The first-order chi connectivity index (χ1) is 7.31. The summed E-state index contributed by atoms with van der Waals surface area (Å²) in [6, 6.07) is 6.71. The Kier molecular flexibility index (Phi) is 3.07. The Morgan fingerprint density at radius 2 is 2.40 bits per heavy atom. The fourth-order valence-electron chi connectivity index (χ4n) is 2.26. The molecule has 2 heteroatoms. The van der Waals surface area contributed by atoms with E-state index in [1.165, 1.54) is 30.4 Å². The van der Waals surface area contributed by atoms with Crippen molar-refractivity contribution in [3.05, 3.63) is 42.0 Å². The van der Waals surface area contributed by atoms with E-state index in [-0.39, 0.29) is 0 Å². The summed E-state index contributed by atoms with van der Waals surface area (Å²) in [5.74, 6) is 0. The van der Waals surface area contributed by atoms with E-state index in [1.807, 2.05) is 12.1 Å². The lowest BCUT2D eigenvalue weighted by molar-refractivity contribution is 0.481. The summed E-state index contributed by atoms with van der Waals surface area (Å²) in [6.45, 7) is 4.59. The van der Waals surface area contributed by atoms with Gasteiger partial charge < -0.3 is 11.1 Å². The maximum atomic E-state index is 5.82. The highest BCUT2D eigenvalue weighted by atomic mass is 14.9. The lowest BCUT2D eigenvalue weighted by atomic mass is 9.87. The molecule has 0 saturated carbocycles. The van der Waals surface area contributed by atoms with Gasteiger partial charge in [-0.1, -0.05) is 12.1 Å². The fraction of sp³-hybridized carbons (Fsp3) is 0.385. The number of hydrogen-bond acceptors (Lipinski definition) is 2. The van der Waals surface area contributed by atoms with Crippen molar-refractivity contribution in [1.82, 2.24) is 5.32 Å². The molecule has 0 spiro atoms. The summed E-state index contributed by atoms with van der Waals surface area (Å²) in [5, 5.41) is 3.48. The minimum Gasteiger partial charge on any atom is -0.399 e. The monoisotopic (exact) mass is 202 g/mol. The maximum absolute atomic E-state index is 5.82. The summed E-state index contributed by atoms with van der Waals surface area (Å²) in [4.78, 5) is 0. The predicted octanol–water partition coefficient (Wildman–Crippen LogP) is 2.42. The molecule has 0 radical (unpaired) electrons. The third-order valence-corrected chi connectivity index (χ3v) is 2.99. The van der Waals surface area contributed by atoms with E-state index in [0.29, 0.717) is 6.04 Å². The molecule has 0 bridgehead atoms. The highest BCUT2D eigenvalue weighted by molar-refractivity contribution is 5.46. The van der Waals surface area contributed by atoms with Crippen LogP contribution in [-0.2, 0) is 6.42 Å². The van der Waals surface area contributed by atoms with Gasteiger partial charge in [-0.15, -0.1) is 6.58 Å². The second kappa shape index (κ2) is 4.49. The number of hydrogen-bond donors (Lipinski definition) is 2. The zero-order valence-corrected chi connectivity index (χ0v) is 9.00. The van der Waals surface area contributed by atoms with Crippen LogP contribution in [0.1, 0.15) is 30.0 Å². The molecule has 0 heterocycles. The van der Waals surface area contributed by atoms with E-state index in [0.717, 1.165) is 12.2 Å². The molecular formula is C13H18N2. The highest BCUT2D eigenvalue weighted by Gasteiger charge is 2.18. The largest absolute Gasteiger partial charge is 0.399 e. The standard InChI is InChI=1S/C13H18N2/c1-2-8-15-13-5-3-4-10-6-7-11(14)9-12(10)13/h2,6-7,9,13,15H,1,3-5,8,14H2. The van der Waals surface area contributed by atoms with Crippen LogP contribution in [0.5, 0.6) is 0 Å². The predicted molar refractivity (Wildman–Crippen MR) is 64.7 cm³/mol. The smallest absolute Gasteiger partial charge is 0.0326 e. The molecule has 1 aliphatic rings. The molecule has 15 heavy (non-hydrogen) atoms. The normalized spacial score (nSPS) is 19.6. The van der Waals surface area contributed by atoms with Crippen LogP contribution < -0.4 is 11.1 Å². The molecule has 2 nitrogen and oxygen atoms in total. The number of fused-ring (bicyclic) bond motifs is 1. The van der Waals surface area contributed by atoms with Crippen LogP contribution in [0, 0.1) is 0 Å². The van der Waals surface area contributed by atoms with Crippen molar-refractivity contribution in [2.45, 2.75) is 25.3 Å². The van der Waals surface area contributed by atoms with E-state index in [4.69, 9.17) is 5.73 Å². The summed E-state index contributed by atoms with van der Waals surface area (Å²) in [5.41, 5.74) is 9.51. The molecule has 0 aromatic heterocycles. The molecule has 0 amide bonds. The number of rotatable bonds is 3. The van der Waals surface area contributed by atoms with Crippen LogP contribution in [0.25, 0.3) is 0 Å². The van der Waals surface area contributed by atoms with Crippen LogP contribution >= 0.6 is 0 Å². The molecule has 80 valence electrons. The fourth-order valence-corrected chi connectivity index (χ4v) is 2.26. The van der Waals surface area contributed by atoms with Gasteiger partial charge in [0.2, 0.25) is 0 Å². The lowest BCUT2D eigenvalue weighted by Crippen LogP contribution is -2.25. The van der Waals surface area contributed by atoms with Crippen LogP contribution in [0.3, 0.4) is 0 Å². The third kappa shape index (κ3) is 2.21. The van der Waals surface area contributed by atoms with Gasteiger partial charge in [-0.2, -0.15) is 0 Å². The summed E-state index contributed by atoms with van der Waals surface area (Å²) < 4.78 is 0. The van der Waals surface area contributed by atoms with E-state index >= 15 is 0 Å². The molecule has 0 fully saturated rings. The van der Waals surface area contributed by atoms with Crippen molar-refractivity contribution in [2.75, 3.05) is 12.3 Å². The van der Waals surface area contributed by atoms with Crippen molar-refractivity contribution < 1.29 is 0 Å². The van der Waals surface area contributed by atoms with Gasteiger partial charge in [0.1, 0.15) is 0 Å². The van der Waals surface area contributed by atoms with Crippen LogP contribution in [-0.4, -0.2) is 6.54 Å². The number of nitrogens with two attached hydrogens (primary N) is 1. The van der Waals surface area contributed by atoms with Gasteiger partial charge in [-0.25, -0.2) is 0 Å². The van der Waals surface area contributed by atoms with Crippen molar-refractivity contribution in [3.8, 4) is 0 Å². The Bertz CT molecular complexity index is 358. The van der Waals surface area contributed by atoms with Gasteiger partial charge in [-0.3, -0.25) is 0 Å². The summed E-state index contributed by atoms with van der Waals surface area (Å²) in [7, 11) is 0. The van der Waals surface area contributed by atoms with Gasteiger partial charge in [-0.05, 0) is 42.5 Å². The minimum absolute atomic E-state index is 0.454. The molecular weight excluding hydrogens is 184 g/mol. The Hall–Kier alpha value is -1.28. The van der Waals surface area contributed by atoms with Crippen LogP contribution in [0.2, 0.25) is 0 Å². The summed E-state index contributed by atoms with van der Waals surface area (Å²) >= 11 is 0. The Balaban J connectivity index is 2.24. The highest BCUT2D eigenvalue weighted by Crippen LogP contribution is 2.30. The second-order valence-corrected chi connectivity index (χ2v) is 4.10. The van der Waals surface area contributed by atoms with Crippen LogP contribution in [0.4, 0.5) is 5.69 Å². The first-order valence-electron chi connectivity index (χ1n) is 5.54. The average Bonchev–Trinajstić information content (AvgIpc) is 2.26. The first kappa shape index (κ1) is 10.2. The van der Waals surface area contributed by atoms with Crippen molar-refractivity contribution in [1.29, 1.82) is 0 Å². The minimum atomic E-state index is 0.454. The van der Waals surface area contributed by atoms with Gasteiger partial charge in [0.05, 0.1) is 0 Å². The molecule has 1 aromatic rings. The average molecular weight is 202 g/mol. The van der Waals surface area contributed by atoms with Gasteiger partial charge in [0.15, 0.2) is 0 Å². The molecule has 1 aromatic carbocycles. The number of anilines is 1. The first-order valence-corrected chi connectivity index (χ1v) is 5.54. The van der Waals surface area contributed by atoms with Crippen molar-refractivity contribution >= 4 is 5.69 Å². The SMILES string of the molecule is C=CCNC1CCCc2ccc(N)cc21. The molecule has 0 saturated heterocycles. The Labute approximate surface area is 91.2 Å². The van der Waals surface area contributed by atoms with E-state index < -0.39 is 0 Å². The Morgan fingerprint density at radius 1 is 1.53 bits per heavy atom. The van der Waals surface area contributed by atoms with E-state index in [1.54, 1.807) is 0 Å². The molecule has 1 atom stereocenters. The second-order valence-electron chi connectivity index (χ2n) is 4.10. The molecule has 3 N–H and O–H groups in total. The number of aryl methyl sites for hydroxylation is 1. The van der Waals surface area contributed by atoms with Gasteiger partial charge in [0.25, 0.3) is 0 Å². The third-order valence-electron chi connectivity index (χ3n) is 2.99. The topological polar surface area (TPSA) is 38.0 Å². The molecule has 2 rings (SSSR count). The van der Waals surface area contributed by atoms with Crippen LogP contribution in [0.15, 0.2) is 30.9 Å². The number of nitrogens with one attached hydrogen (secondary N) is 1. The number of nitrogen functional groups attached to an aromatic ring is 1. The molecule has 0 aliphatic heterocycles. The van der Waals surface area contributed by atoms with E-state index in [2.05, 4.69) is 24.0 Å². The van der Waals surface area contributed by atoms with Crippen molar-refractivity contribution in [3.63, 3.8) is 0 Å². The zero-order chi connectivity index (χ0) is 10.7. The summed E-state index contributed by atoms with van der Waals surface area (Å²) in [6.07, 6.45) is 5.54. The van der Waals surface area contributed by atoms with Gasteiger partial charge >= 0.3 is 0 Å². The quantitative estimate of drug-likeness (QED) is 0.583. The zero-order valence-electron chi connectivity index (χ0n) is 9.00. The number of benzene rings is 1. The lowest BCUT2D eigenvalue weighted by Gasteiger charge is -2.26. The van der Waals surface area contributed by atoms with Crippen molar-refractivity contribution in [2.24, 2.45) is 0 Å². The Morgan fingerprint density at radius 3 is 3.20 bits per heavy atom. The van der Waals surface area contributed by atoms with Gasteiger partial charge in [0, 0.05) is 18.3 Å². The van der Waals surface area contributed by atoms with E-state index in [9.17, 15) is 0 Å². The maximum Gasteiger partial charge on any atom is 0.0326 e.